The highest BCUT2D eigenvalue weighted by molar-refractivity contribution is 4.94. The number of likely N-dealkylation sites (tertiary alicyclic amines) is 1. The molecule has 2 aliphatic rings. The highest BCUT2D eigenvalue weighted by atomic mass is 16.5. The Labute approximate surface area is 95.0 Å². The van der Waals surface area contributed by atoms with Gasteiger partial charge in [-0.3, -0.25) is 4.90 Å². The van der Waals surface area contributed by atoms with Gasteiger partial charge in [-0.2, -0.15) is 4.98 Å². The first-order chi connectivity index (χ1) is 7.83. The van der Waals surface area contributed by atoms with E-state index in [9.17, 15) is 0 Å². The van der Waals surface area contributed by atoms with E-state index in [4.69, 9.17) is 10.3 Å². The second-order valence-corrected chi connectivity index (χ2v) is 5.06. The minimum absolute atomic E-state index is 0.397. The molecular weight excluding hydrogens is 204 g/mol. The maximum atomic E-state index is 6.18. The van der Waals surface area contributed by atoms with Gasteiger partial charge in [-0.25, -0.2) is 0 Å². The first-order valence-electron chi connectivity index (χ1n) is 6.06. The Balaban J connectivity index is 1.63. The Hall–Kier alpha value is -0.940. The molecule has 1 aromatic rings. The summed E-state index contributed by atoms with van der Waals surface area (Å²) in [5.74, 6) is 2.25. The van der Waals surface area contributed by atoms with Crippen molar-refractivity contribution in [2.45, 2.75) is 31.8 Å². The second-order valence-electron chi connectivity index (χ2n) is 5.06. The van der Waals surface area contributed by atoms with E-state index in [1.165, 1.54) is 25.7 Å². The maximum absolute atomic E-state index is 6.18. The van der Waals surface area contributed by atoms with Gasteiger partial charge in [0.25, 0.3) is 0 Å². The zero-order valence-corrected chi connectivity index (χ0v) is 9.38. The van der Waals surface area contributed by atoms with E-state index in [2.05, 4.69) is 15.0 Å². The van der Waals surface area contributed by atoms with Crippen LogP contribution >= 0.6 is 0 Å². The zero-order chi connectivity index (χ0) is 11.0. The lowest BCUT2D eigenvalue weighted by Gasteiger charge is -2.29. The first-order valence-corrected chi connectivity index (χ1v) is 6.06. The molecule has 0 bridgehead atoms. The van der Waals surface area contributed by atoms with Crippen molar-refractivity contribution >= 4 is 0 Å². The summed E-state index contributed by atoms with van der Waals surface area (Å²) in [4.78, 5) is 6.47. The molecule has 16 heavy (non-hydrogen) atoms. The van der Waals surface area contributed by atoms with Crippen LogP contribution in [0.15, 0.2) is 10.9 Å². The summed E-state index contributed by atoms with van der Waals surface area (Å²) < 4.78 is 4.75. The summed E-state index contributed by atoms with van der Waals surface area (Å²) in [7, 11) is 0. The van der Waals surface area contributed by atoms with Crippen molar-refractivity contribution < 1.29 is 4.52 Å². The van der Waals surface area contributed by atoms with Gasteiger partial charge in [-0.15, -0.1) is 0 Å². The molecule has 0 amide bonds. The summed E-state index contributed by atoms with van der Waals surface area (Å²) in [5.41, 5.74) is 6.18. The van der Waals surface area contributed by atoms with Crippen LogP contribution in [-0.2, 0) is 6.54 Å². The largest absolute Gasteiger partial charge is 0.343 e. The van der Waals surface area contributed by atoms with Crippen molar-refractivity contribution in [1.82, 2.24) is 15.0 Å². The van der Waals surface area contributed by atoms with Crippen LogP contribution < -0.4 is 5.73 Å². The summed E-state index contributed by atoms with van der Waals surface area (Å²) >= 11 is 0. The molecular formula is C11H18N4O. The van der Waals surface area contributed by atoms with Gasteiger partial charge in [0.05, 0.1) is 6.54 Å². The summed E-state index contributed by atoms with van der Waals surface area (Å²) in [5, 5.41) is 3.86. The fourth-order valence-electron chi connectivity index (χ4n) is 3.20. The number of hydrogen-bond acceptors (Lipinski definition) is 5. The minimum atomic E-state index is 0.397. The fourth-order valence-corrected chi connectivity index (χ4v) is 3.20. The van der Waals surface area contributed by atoms with Crippen LogP contribution in [0.1, 0.15) is 25.1 Å². The third-order valence-corrected chi connectivity index (χ3v) is 4.00. The van der Waals surface area contributed by atoms with Crippen LogP contribution in [0.5, 0.6) is 0 Å². The van der Waals surface area contributed by atoms with E-state index in [0.717, 1.165) is 31.4 Å². The lowest BCUT2D eigenvalue weighted by Crippen LogP contribution is -2.38. The topological polar surface area (TPSA) is 68.2 Å². The van der Waals surface area contributed by atoms with Crippen LogP contribution in [0.3, 0.4) is 0 Å². The molecule has 1 aromatic heterocycles. The number of hydrogen-bond donors (Lipinski definition) is 1. The molecule has 3 rings (SSSR count). The lowest BCUT2D eigenvalue weighted by atomic mass is 9.78. The third kappa shape index (κ3) is 1.85. The van der Waals surface area contributed by atoms with Crippen molar-refractivity contribution in [2.24, 2.45) is 17.6 Å². The average molecular weight is 222 g/mol. The van der Waals surface area contributed by atoms with Gasteiger partial charge in [-0.1, -0.05) is 11.6 Å². The van der Waals surface area contributed by atoms with Gasteiger partial charge >= 0.3 is 0 Å². The molecule has 2 N–H and O–H groups in total. The van der Waals surface area contributed by atoms with Gasteiger partial charge in [0.1, 0.15) is 0 Å². The molecule has 1 saturated carbocycles. The SMILES string of the molecule is NC1CCCC2CN(Cc3ncon3)CC12. The molecule has 0 spiro atoms. The van der Waals surface area contributed by atoms with E-state index in [1.807, 2.05) is 0 Å². The molecule has 2 fully saturated rings. The van der Waals surface area contributed by atoms with E-state index in [0.29, 0.717) is 12.0 Å². The van der Waals surface area contributed by atoms with E-state index >= 15 is 0 Å². The molecule has 1 aliphatic carbocycles. The van der Waals surface area contributed by atoms with Crippen LogP contribution in [0.2, 0.25) is 0 Å². The summed E-state index contributed by atoms with van der Waals surface area (Å²) in [6.07, 6.45) is 5.21. The molecule has 88 valence electrons. The molecule has 1 saturated heterocycles. The molecule has 0 aromatic carbocycles. The zero-order valence-electron chi connectivity index (χ0n) is 9.38. The second kappa shape index (κ2) is 4.14. The van der Waals surface area contributed by atoms with Crippen LogP contribution in [0.4, 0.5) is 0 Å². The number of rotatable bonds is 2. The van der Waals surface area contributed by atoms with Crippen molar-refractivity contribution in [3.8, 4) is 0 Å². The predicted molar refractivity (Wildman–Crippen MR) is 58.4 cm³/mol. The van der Waals surface area contributed by atoms with Crippen molar-refractivity contribution in [1.29, 1.82) is 0 Å². The Kier molecular flexibility index (Phi) is 2.65. The monoisotopic (exact) mass is 222 g/mol. The van der Waals surface area contributed by atoms with Crippen molar-refractivity contribution in [3.63, 3.8) is 0 Å². The summed E-state index contributed by atoms with van der Waals surface area (Å²) in [6, 6.07) is 0.397. The number of fused-ring (bicyclic) bond motifs is 1. The highest BCUT2D eigenvalue weighted by Crippen LogP contribution is 2.35. The average Bonchev–Trinajstić information content (AvgIpc) is 2.88. The van der Waals surface area contributed by atoms with Gasteiger partial charge in [0.2, 0.25) is 6.39 Å². The van der Waals surface area contributed by atoms with Crippen molar-refractivity contribution in [3.05, 3.63) is 12.2 Å². The van der Waals surface area contributed by atoms with Crippen LogP contribution in [-0.4, -0.2) is 34.2 Å². The Bertz CT molecular complexity index is 340. The Morgan fingerprint density at radius 3 is 3.12 bits per heavy atom. The van der Waals surface area contributed by atoms with E-state index in [-0.39, 0.29) is 0 Å². The molecule has 3 atom stereocenters. The van der Waals surface area contributed by atoms with Gasteiger partial charge in [0.15, 0.2) is 5.82 Å². The number of nitrogens with two attached hydrogens (primary N) is 1. The Morgan fingerprint density at radius 2 is 2.38 bits per heavy atom. The standard InChI is InChI=1S/C11H18N4O/c12-10-3-1-2-8-4-15(5-9(8)10)6-11-13-7-16-14-11/h7-10H,1-6,12H2. The quantitative estimate of drug-likeness (QED) is 0.794. The maximum Gasteiger partial charge on any atom is 0.213 e. The van der Waals surface area contributed by atoms with Gasteiger partial charge in [0, 0.05) is 19.1 Å². The molecule has 3 unspecified atom stereocenters. The number of aromatic nitrogens is 2. The predicted octanol–water partition coefficient (Wildman–Crippen LogP) is 0.629. The Morgan fingerprint density at radius 1 is 1.44 bits per heavy atom. The lowest BCUT2D eigenvalue weighted by molar-refractivity contribution is 0.259. The summed E-state index contributed by atoms with van der Waals surface area (Å²) in [6.45, 7) is 3.05. The smallest absolute Gasteiger partial charge is 0.213 e. The highest BCUT2D eigenvalue weighted by Gasteiger charge is 2.38. The van der Waals surface area contributed by atoms with Gasteiger partial charge in [-0.05, 0) is 24.7 Å². The van der Waals surface area contributed by atoms with E-state index < -0.39 is 0 Å². The van der Waals surface area contributed by atoms with E-state index in [1.54, 1.807) is 0 Å². The van der Waals surface area contributed by atoms with Crippen molar-refractivity contribution in [2.75, 3.05) is 13.1 Å². The number of nitrogens with zero attached hydrogens (tertiary/aromatic N) is 3. The molecule has 5 nitrogen and oxygen atoms in total. The first kappa shape index (κ1) is 10.2. The molecule has 1 aliphatic heterocycles. The molecule has 2 heterocycles. The van der Waals surface area contributed by atoms with Gasteiger partial charge < -0.3 is 10.3 Å². The molecule has 0 radical (unpaired) electrons. The van der Waals surface area contributed by atoms with Crippen LogP contribution in [0, 0.1) is 11.8 Å². The normalized spacial score (nSPS) is 35.2. The fraction of sp³-hybridized carbons (Fsp3) is 0.818. The van der Waals surface area contributed by atoms with Crippen LogP contribution in [0.25, 0.3) is 0 Å². The minimum Gasteiger partial charge on any atom is -0.343 e. The molecule has 5 heteroatoms. The third-order valence-electron chi connectivity index (χ3n) is 4.00.